The fourth-order valence-electron chi connectivity index (χ4n) is 3.30. The molecule has 1 saturated heterocycles. The van der Waals surface area contributed by atoms with Gasteiger partial charge in [-0.05, 0) is 19.8 Å². The van der Waals surface area contributed by atoms with Gasteiger partial charge in [0.25, 0.3) is 11.8 Å². The molecule has 0 radical (unpaired) electrons. The number of nitrogens with one attached hydrogen (secondary N) is 2. The van der Waals surface area contributed by atoms with Crippen LogP contribution in [0.25, 0.3) is 0 Å². The molecular formula is C19H23N7O4S. The number of nitrogens with two attached hydrogens (primary N) is 1. The zero-order chi connectivity index (χ0) is 22.4. The van der Waals surface area contributed by atoms with Crippen molar-refractivity contribution in [1.29, 1.82) is 0 Å². The van der Waals surface area contributed by atoms with Gasteiger partial charge in [-0.2, -0.15) is 0 Å². The van der Waals surface area contributed by atoms with E-state index in [1.807, 2.05) is 0 Å². The summed E-state index contributed by atoms with van der Waals surface area (Å²) in [4.78, 5) is 62.7. The van der Waals surface area contributed by atoms with Gasteiger partial charge in [-0.25, -0.2) is 9.97 Å². The summed E-state index contributed by atoms with van der Waals surface area (Å²) in [6.45, 7) is 2.12. The fourth-order valence-corrected chi connectivity index (χ4v) is 3.89. The number of hydrogen-bond acceptors (Lipinski definition) is 8. The van der Waals surface area contributed by atoms with Crippen LogP contribution in [0.5, 0.6) is 0 Å². The zero-order valence-electron chi connectivity index (χ0n) is 16.9. The van der Waals surface area contributed by atoms with Crippen LogP contribution in [0, 0.1) is 6.92 Å². The molecule has 2 aromatic heterocycles. The Hall–Kier alpha value is -3.41. The second-order valence-electron chi connectivity index (χ2n) is 7.06. The number of rotatable bonds is 7. The fraction of sp³-hybridized carbons (Fsp3) is 0.421. The second kappa shape index (κ2) is 10.1. The molecule has 0 saturated carbocycles. The normalized spacial score (nSPS) is 18.3. The van der Waals surface area contributed by atoms with Crippen molar-refractivity contribution in [2.45, 2.75) is 38.3 Å². The Morgan fingerprint density at radius 3 is 2.71 bits per heavy atom. The molecule has 3 rings (SSSR count). The second-order valence-corrected chi connectivity index (χ2v) is 8.12. The van der Waals surface area contributed by atoms with Gasteiger partial charge >= 0.3 is 0 Å². The van der Waals surface area contributed by atoms with Crippen molar-refractivity contribution in [3.05, 3.63) is 40.4 Å². The largest absolute Gasteiger partial charge is 0.370 e. The smallest absolute Gasteiger partial charge is 0.274 e. The minimum absolute atomic E-state index is 0.00940. The van der Waals surface area contributed by atoms with Crippen LogP contribution in [-0.4, -0.2) is 68.7 Å². The first-order chi connectivity index (χ1) is 14.8. The summed E-state index contributed by atoms with van der Waals surface area (Å²) in [5.74, 6) is -1.71. The lowest BCUT2D eigenvalue weighted by Gasteiger charge is -2.38. The molecule has 0 aromatic carbocycles. The van der Waals surface area contributed by atoms with E-state index in [4.69, 9.17) is 5.73 Å². The molecule has 3 heterocycles. The molecule has 4 N–H and O–H groups in total. The highest BCUT2D eigenvalue weighted by molar-refractivity contribution is 7.09. The first kappa shape index (κ1) is 22.3. The van der Waals surface area contributed by atoms with Crippen LogP contribution in [-0.2, 0) is 9.59 Å². The predicted octanol–water partition coefficient (Wildman–Crippen LogP) is -0.364. The van der Waals surface area contributed by atoms with Crippen molar-refractivity contribution in [1.82, 2.24) is 30.5 Å². The molecule has 12 heteroatoms. The topological polar surface area (TPSA) is 160 Å². The Balaban J connectivity index is 1.72. The van der Waals surface area contributed by atoms with Crippen LogP contribution in [0.15, 0.2) is 24.0 Å². The molecule has 1 fully saturated rings. The van der Waals surface area contributed by atoms with Crippen molar-refractivity contribution in [2.24, 2.45) is 5.73 Å². The third-order valence-corrected chi connectivity index (χ3v) is 5.58. The quantitative estimate of drug-likeness (QED) is 0.524. The summed E-state index contributed by atoms with van der Waals surface area (Å²) in [6.07, 6.45) is 4.90. The van der Waals surface area contributed by atoms with E-state index in [1.54, 1.807) is 12.3 Å². The first-order valence-corrected chi connectivity index (χ1v) is 10.6. The van der Waals surface area contributed by atoms with E-state index in [2.05, 4.69) is 25.6 Å². The summed E-state index contributed by atoms with van der Waals surface area (Å²) in [5, 5.41) is 7.90. The number of aryl methyl sites for hydroxylation is 1. The predicted molar refractivity (Wildman–Crippen MR) is 111 cm³/mol. The number of amides is 4. The van der Waals surface area contributed by atoms with Gasteiger partial charge in [0.15, 0.2) is 0 Å². The zero-order valence-corrected chi connectivity index (χ0v) is 17.7. The third kappa shape index (κ3) is 5.81. The standard InChI is InChI=1S/C19H23N7O4S/c1-11-24-14(10-31-11)19(30)26-7-3-12(25-17(28)13-9-21-5-6-22-13)8-15(26)18(29)23-4-2-16(20)27/h5-6,9-10,12,15H,2-4,7-8H2,1H3,(H2,20,27)(H,23,29)(H,25,28)/t12-,15-/m0/s1. The molecule has 4 amide bonds. The molecule has 31 heavy (non-hydrogen) atoms. The van der Waals surface area contributed by atoms with E-state index in [1.165, 1.54) is 34.8 Å². The number of piperidine rings is 1. The monoisotopic (exact) mass is 445 g/mol. The van der Waals surface area contributed by atoms with Gasteiger partial charge in [-0.3, -0.25) is 24.2 Å². The molecular weight excluding hydrogens is 422 g/mol. The number of likely N-dealkylation sites (tertiary alicyclic amines) is 1. The lowest BCUT2D eigenvalue weighted by Crippen LogP contribution is -2.57. The van der Waals surface area contributed by atoms with Gasteiger partial charge in [0.05, 0.1) is 11.2 Å². The van der Waals surface area contributed by atoms with Crippen molar-refractivity contribution in [3.8, 4) is 0 Å². The van der Waals surface area contributed by atoms with Crippen LogP contribution >= 0.6 is 11.3 Å². The van der Waals surface area contributed by atoms with Crippen molar-refractivity contribution >= 4 is 35.0 Å². The molecule has 0 aliphatic carbocycles. The molecule has 0 unspecified atom stereocenters. The van der Waals surface area contributed by atoms with Gasteiger partial charge in [0.1, 0.15) is 17.4 Å². The molecule has 11 nitrogen and oxygen atoms in total. The van der Waals surface area contributed by atoms with Crippen molar-refractivity contribution in [2.75, 3.05) is 13.1 Å². The van der Waals surface area contributed by atoms with Crippen LogP contribution < -0.4 is 16.4 Å². The highest BCUT2D eigenvalue weighted by Crippen LogP contribution is 2.22. The highest BCUT2D eigenvalue weighted by atomic mass is 32.1. The maximum atomic E-state index is 13.0. The Morgan fingerprint density at radius 1 is 1.26 bits per heavy atom. The lowest BCUT2D eigenvalue weighted by molar-refractivity contribution is -0.127. The maximum absolute atomic E-state index is 13.0. The average molecular weight is 446 g/mol. The van der Waals surface area contributed by atoms with Crippen LogP contribution in [0.3, 0.4) is 0 Å². The van der Waals surface area contributed by atoms with E-state index >= 15 is 0 Å². The number of hydrogen-bond donors (Lipinski definition) is 3. The Morgan fingerprint density at radius 2 is 2.06 bits per heavy atom. The Labute approximate surface area is 182 Å². The third-order valence-electron chi connectivity index (χ3n) is 4.81. The SMILES string of the molecule is Cc1nc(C(=O)N2CC[C@H](NC(=O)c3cnccn3)C[C@H]2C(=O)NCCC(N)=O)cs1. The number of thiazole rings is 1. The van der Waals surface area contributed by atoms with Crippen molar-refractivity contribution in [3.63, 3.8) is 0 Å². The molecule has 0 bridgehead atoms. The molecule has 164 valence electrons. The maximum Gasteiger partial charge on any atom is 0.274 e. The molecule has 1 aliphatic heterocycles. The van der Waals surface area contributed by atoms with E-state index in [9.17, 15) is 19.2 Å². The Bertz CT molecular complexity index is 965. The first-order valence-electron chi connectivity index (χ1n) is 9.71. The number of carbonyl (C=O) groups excluding carboxylic acids is 4. The molecule has 2 aromatic rings. The molecule has 1 aliphatic rings. The number of nitrogens with zero attached hydrogens (tertiary/aromatic N) is 4. The van der Waals surface area contributed by atoms with Gasteiger partial charge in [0, 0.05) is 43.3 Å². The van der Waals surface area contributed by atoms with E-state index in [-0.39, 0.29) is 49.3 Å². The van der Waals surface area contributed by atoms with Crippen LogP contribution in [0.1, 0.15) is 45.2 Å². The summed E-state index contributed by atoms with van der Waals surface area (Å²) in [5.41, 5.74) is 5.57. The summed E-state index contributed by atoms with van der Waals surface area (Å²) in [7, 11) is 0. The summed E-state index contributed by atoms with van der Waals surface area (Å²) in [6, 6.07) is -1.18. The van der Waals surface area contributed by atoms with E-state index in [0.29, 0.717) is 6.42 Å². The highest BCUT2D eigenvalue weighted by Gasteiger charge is 2.37. The number of primary amides is 1. The number of carbonyl (C=O) groups is 4. The minimum atomic E-state index is -0.830. The van der Waals surface area contributed by atoms with Crippen molar-refractivity contribution < 1.29 is 19.2 Å². The van der Waals surface area contributed by atoms with Gasteiger partial charge in [-0.15, -0.1) is 11.3 Å². The summed E-state index contributed by atoms with van der Waals surface area (Å²) < 4.78 is 0. The van der Waals surface area contributed by atoms with E-state index < -0.39 is 23.8 Å². The van der Waals surface area contributed by atoms with Crippen LogP contribution in [0.2, 0.25) is 0 Å². The Kier molecular flexibility index (Phi) is 7.23. The van der Waals surface area contributed by atoms with Gasteiger partial charge in [-0.1, -0.05) is 0 Å². The molecule has 2 atom stereocenters. The van der Waals surface area contributed by atoms with Gasteiger partial charge in [0.2, 0.25) is 11.8 Å². The van der Waals surface area contributed by atoms with Gasteiger partial charge < -0.3 is 21.3 Å². The van der Waals surface area contributed by atoms with Crippen LogP contribution in [0.4, 0.5) is 0 Å². The number of aromatic nitrogens is 3. The summed E-state index contributed by atoms with van der Waals surface area (Å²) >= 11 is 1.35. The minimum Gasteiger partial charge on any atom is -0.370 e. The molecule has 0 spiro atoms. The van der Waals surface area contributed by atoms with E-state index in [0.717, 1.165) is 5.01 Å². The average Bonchev–Trinajstić information content (AvgIpc) is 3.19. The lowest BCUT2D eigenvalue weighted by atomic mass is 9.95.